The van der Waals surface area contributed by atoms with E-state index in [4.69, 9.17) is 0 Å². The van der Waals surface area contributed by atoms with Gasteiger partial charge in [-0.05, 0) is 23.1 Å². The summed E-state index contributed by atoms with van der Waals surface area (Å²) in [7, 11) is 0. The summed E-state index contributed by atoms with van der Waals surface area (Å²) in [5, 5.41) is 0. The van der Waals surface area contributed by atoms with E-state index < -0.39 is 0 Å². The second-order valence-corrected chi connectivity index (χ2v) is 6.05. The van der Waals surface area contributed by atoms with E-state index in [0.717, 1.165) is 5.56 Å². The number of hydrogen-bond acceptors (Lipinski definition) is 3. The van der Waals surface area contributed by atoms with E-state index in [-0.39, 0.29) is 17.9 Å². The van der Waals surface area contributed by atoms with Crippen LogP contribution < -0.4 is 10.9 Å². The molecule has 1 atom stereocenters. The highest BCUT2D eigenvalue weighted by molar-refractivity contribution is 5.85. The van der Waals surface area contributed by atoms with Gasteiger partial charge < -0.3 is 0 Å². The first-order valence-electron chi connectivity index (χ1n) is 8.04. The van der Waals surface area contributed by atoms with Gasteiger partial charge >= 0.3 is 0 Å². The average molecular weight is 323 g/mol. The normalized spacial score (nSPS) is 17.0. The van der Waals surface area contributed by atoms with Crippen molar-refractivity contribution in [2.75, 3.05) is 0 Å². The Balaban J connectivity index is 1.81. The van der Waals surface area contributed by atoms with Crippen LogP contribution in [-0.4, -0.2) is 22.8 Å². The van der Waals surface area contributed by atoms with Gasteiger partial charge in [0.25, 0.3) is 5.91 Å². The van der Waals surface area contributed by atoms with E-state index in [1.165, 1.54) is 18.1 Å². The SMILES string of the molecule is CC(=O)NNC(=O)[C@H]1Cc2ccccc2CN1Cc1ccccc1. The zero-order valence-corrected chi connectivity index (χ0v) is 13.7. The molecule has 2 aromatic carbocycles. The van der Waals surface area contributed by atoms with Crippen LogP contribution in [0.25, 0.3) is 0 Å². The number of amides is 2. The minimum Gasteiger partial charge on any atom is -0.283 e. The third-order valence-corrected chi connectivity index (χ3v) is 4.24. The van der Waals surface area contributed by atoms with Crippen LogP contribution in [0.2, 0.25) is 0 Å². The third kappa shape index (κ3) is 3.81. The molecule has 24 heavy (non-hydrogen) atoms. The maximum absolute atomic E-state index is 12.5. The fraction of sp³-hybridized carbons (Fsp3) is 0.263. The van der Waals surface area contributed by atoms with Crippen molar-refractivity contribution in [2.45, 2.75) is 32.5 Å². The fourth-order valence-corrected chi connectivity index (χ4v) is 3.05. The van der Waals surface area contributed by atoms with Gasteiger partial charge in [0.1, 0.15) is 0 Å². The van der Waals surface area contributed by atoms with Gasteiger partial charge in [-0.1, -0.05) is 54.6 Å². The molecular formula is C19H21N3O2. The Morgan fingerprint density at radius 2 is 1.67 bits per heavy atom. The van der Waals surface area contributed by atoms with Crippen LogP contribution in [0.4, 0.5) is 0 Å². The molecule has 0 radical (unpaired) electrons. The highest BCUT2D eigenvalue weighted by Gasteiger charge is 2.31. The van der Waals surface area contributed by atoms with Crippen molar-refractivity contribution in [2.24, 2.45) is 0 Å². The number of fused-ring (bicyclic) bond motifs is 1. The Kier molecular flexibility index (Phi) is 4.91. The van der Waals surface area contributed by atoms with E-state index in [1.807, 2.05) is 30.3 Å². The number of rotatable bonds is 3. The van der Waals surface area contributed by atoms with Gasteiger partial charge in [-0.15, -0.1) is 0 Å². The molecule has 1 aliphatic rings. The molecule has 0 bridgehead atoms. The number of hydrogen-bond donors (Lipinski definition) is 2. The third-order valence-electron chi connectivity index (χ3n) is 4.24. The first-order chi connectivity index (χ1) is 11.6. The summed E-state index contributed by atoms with van der Waals surface area (Å²) < 4.78 is 0. The lowest BCUT2D eigenvalue weighted by atomic mass is 9.93. The van der Waals surface area contributed by atoms with Gasteiger partial charge in [-0.3, -0.25) is 25.3 Å². The summed E-state index contributed by atoms with van der Waals surface area (Å²) in [5.74, 6) is -0.468. The van der Waals surface area contributed by atoms with E-state index in [9.17, 15) is 9.59 Å². The summed E-state index contributed by atoms with van der Waals surface area (Å²) in [6.45, 7) is 2.77. The molecular weight excluding hydrogens is 302 g/mol. The van der Waals surface area contributed by atoms with Crippen LogP contribution in [0.15, 0.2) is 54.6 Å². The summed E-state index contributed by atoms with van der Waals surface area (Å²) in [5.41, 5.74) is 8.50. The van der Waals surface area contributed by atoms with E-state index in [2.05, 4.69) is 40.0 Å². The van der Waals surface area contributed by atoms with Crippen molar-refractivity contribution in [3.63, 3.8) is 0 Å². The molecule has 0 unspecified atom stereocenters. The van der Waals surface area contributed by atoms with Crippen LogP contribution >= 0.6 is 0 Å². The summed E-state index contributed by atoms with van der Waals surface area (Å²) in [6, 6.07) is 18.0. The van der Waals surface area contributed by atoms with Crippen molar-refractivity contribution in [3.05, 3.63) is 71.3 Å². The summed E-state index contributed by atoms with van der Waals surface area (Å²) in [4.78, 5) is 25.8. The van der Waals surface area contributed by atoms with Crippen LogP contribution in [-0.2, 0) is 29.1 Å². The number of nitrogens with one attached hydrogen (secondary N) is 2. The van der Waals surface area contributed by atoms with Gasteiger partial charge in [0.15, 0.2) is 0 Å². The molecule has 124 valence electrons. The Morgan fingerprint density at radius 3 is 2.38 bits per heavy atom. The number of carbonyl (C=O) groups excluding carboxylic acids is 2. The first kappa shape index (κ1) is 16.2. The molecule has 0 aromatic heterocycles. The first-order valence-corrected chi connectivity index (χ1v) is 8.04. The average Bonchev–Trinajstić information content (AvgIpc) is 2.60. The lowest BCUT2D eigenvalue weighted by molar-refractivity contribution is -0.132. The molecule has 0 saturated carbocycles. The molecule has 2 N–H and O–H groups in total. The summed E-state index contributed by atoms with van der Waals surface area (Å²) >= 11 is 0. The predicted molar refractivity (Wildman–Crippen MR) is 91.6 cm³/mol. The molecule has 0 fully saturated rings. The Bertz CT molecular complexity index is 730. The highest BCUT2D eigenvalue weighted by Crippen LogP contribution is 2.25. The van der Waals surface area contributed by atoms with Gasteiger partial charge in [0, 0.05) is 20.0 Å². The zero-order chi connectivity index (χ0) is 16.9. The lowest BCUT2D eigenvalue weighted by Gasteiger charge is -2.36. The second kappa shape index (κ2) is 7.27. The zero-order valence-electron chi connectivity index (χ0n) is 13.7. The number of benzene rings is 2. The molecule has 1 heterocycles. The predicted octanol–water partition coefficient (Wildman–Crippen LogP) is 1.78. The smallest absolute Gasteiger partial charge is 0.256 e. The molecule has 5 nitrogen and oxygen atoms in total. The maximum Gasteiger partial charge on any atom is 0.256 e. The molecule has 0 saturated heterocycles. The molecule has 2 aromatic rings. The van der Waals surface area contributed by atoms with Gasteiger partial charge in [-0.25, -0.2) is 0 Å². The monoisotopic (exact) mass is 323 g/mol. The van der Waals surface area contributed by atoms with Crippen molar-refractivity contribution >= 4 is 11.8 Å². The topological polar surface area (TPSA) is 61.4 Å². The second-order valence-electron chi connectivity index (χ2n) is 6.05. The molecule has 0 spiro atoms. The largest absolute Gasteiger partial charge is 0.283 e. The van der Waals surface area contributed by atoms with Crippen LogP contribution in [0, 0.1) is 0 Å². The van der Waals surface area contributed by atoms with E-state index in [1.54, 1.807) is 0 Å². The number of nitrogens with zero attached hydrogens (tertiary/aromatic N) is 1. The fourth-order valence-electron chi connectivity index (χ4n) is 3.05. The quantitative estimate of drug-likeness (QED) is 0.847. The standard InChI is InChI=1S/C19H21N3O2/c1-14(23)20-21-19(24)18-11-16-9-5-6-10-17(16)13-22(18)12-15-7-3-2-4-8-15/h2-10,18H,11-13H2,1H3,(H,20,23)(H,21,24)/t18-/m1/s1. The van der Waals surface area contributed by atoms with Crippen LogP contribution in [0.5, 0.6) is 0 Å². The molecule has 0 aliphatic carbocycles. The van der Waals surface area contributed by atoms with Gasteiger partial charge in [-0.2, -0.15) is 0 Å². The lowest BCUT2D eigenvalue weighted by Crippen LogP contribution is -2.53. The van der Waals surface area contributed by atoms with Crippen molar-refractivity contribution in [3.8, 4) is 0 Å². The van der Waals surface area contributed by atoms with E-state index in [0.29, 0.717) is 19.5 Å². The van der Waals surface area contributed by atoms with Crippen molar-refractivity contribution in [1.29, 1.82) is 0 Å². The van der Waals surface area contributed by atoms with Crippen molar-refractivity contribution in [1.82, 2.24) is 15.8 Å². The Labute approximate surface area is 141 Å². The molecule has 2 amide bonds. The van der Waals surface area contributed by atoms with Gasteiger partial charge in [0.05, 0.1) is 6.04 Å². The number of carbonyl (C=O) groups is 2. The van der Waals surface area contributed by atoms with Gasteiger partial charge in [0.2, 0.25) is 5.91 Å². The van der Waals surface area contributed by atoms with Crippen molar-refractivity contribution < 1.29 is 9.59 Å². The molecule has 3 rings (SSSR count). The minimum absolute atomic E-state index is 0.185. The molecule has 5 heteroatoms. The van der Waals surface area contributed by atoms with Crippen LogP contribution in [0.1, 0.15) is 23.6 Å². The Hall–Kier alpha value is -2.66. The minimum atomic E-state index is -0.313. The molecule has 1 aliphatic heterocycles. The van der Waals surface area contributed by atoms with E-state index >= 15 is 0 Å². The maximum atomic E-state index is 12.5. The highest BCUT2D eigenvalue weighted by atomic mass is 16.2. The van der Waals surface area contributed by atoms with Crippen LogP contribution in [0.3, 0.4) is 0 Å². The number of hydrazine groups is 1. The summed E-state index contributed by atoms with van der Waals surface area (Å²) in [6.07, 6.45) is 0.633. The Morgan fingerprint density at radius 1 is 1.00 bits per heavy atom.